The lowest BCUT2D eigenvalue weighted by Gasteiger charge is -2.60. The number of ketones is 1. The molecule has 0 bridgehead atoms. The van der Waals surface area contributed by atoms with Crippen LogP contribution in [0.15, 0.2) is 12.2 Å². The second kappa shape index (κ2) is 4.99. The van der Waals surface area contributed by atoms with Crippen LogP contribution in [0.25, 0.3) is 0 Å². The molecule has 0 N–H and O–H groups in total. The zero-order valence-electron chi connectivity index (χ0n) is 17.3. The van der Waals surface area contributed by atoms with E-state index in [-0.39, 0.29) is 17.0 Å². The maximum Gasteiger partial charge on any atom is 0.332 e. The van der Waals surface area contributed by atoms with Gasteiger partial charge < -0.3 is 14.2 Å². The molecule has 0 aromatic rings. The highest BCUT2D eigenvalue weighted by atomic mass is 16.8. The van der Waals surface area contributed by atoms with Crippen molar-refractivity contribution in [1.82, 2.24) is 0 Å². The number of rotatable bonds is 1. The molecule has 0 radical (unpaired) electrons. The van der Waals surface area contributed by atoms with Gasteiger partial charge in [-0.15, -0.1) is 0 Å². The van der Waals surface area contributed by atoms with Crippen molar-refractivity contribution in [1.29, 1.82) is 0 Å². The van der Waals surface area contributed by atoms with Crippen molar-refractivity contribution in [2.24, 2.45) is 34.5 Å². The molecule has 5 heteroatoms. The summed E-state index contributed by atoms with van der Waals surface area (Å²) in [4.78, 5) is 23.8. The fourth-order valence-electron chi connectivity index (χ4n) is 9.25. The number of esters is 1. The Morgan fingerprint density at radius 3 is 2.72 bits per heavy atom. The van der Waals surface area contributed by atoms with E-state index >= 15 is 0 Å². The molecule has 7 rings (SSSR count). The van der Waals surface area contributed by atoms with Crippen LogP contribution >= 0.6 is 0 Å². The van der Waals surface area contributed by atoms with E-state index in [1.54, 1.807) is 6.08 Å². The number of ether oxygens (including phenoxy) is 3. The van der Waals surface area contributed by atoms with Gasteiger partial charge in [0, 0.05) is 30.3 Å². The van der Waals surface area contributed by atoms with Crippen LogP contribution in [0, 0.1) is 34.5 Å². The molecule has 7 aliphatic rings. The second-order valence-corrected chi connectivity index (χ2v) is 11.5. The Labute approximate surface area is 171 Å². The van der Waals surface area contributed by atoms with Gasteiger partial charge in [0.25, 0.3) is 0 Å². The average molecular weight is 398 g/mol. The van der Waals surface area contributed by atoms with E-state index < -0.39 is 11.9 Å². The molecule has 5 nitrogen and oxygen atoms in total. The summed E-state index contributed by atoms with van der Waals surface area (Å²) < 4.78 is 18.1. The summed E-state index contributed by atoms with van der Waals surface area (Å²) in [6, 6.07) is 0. The number of carbonyl (C=O) groups excluding carboxylic acids is 2. The first kappa shape index (κ1) is 17.5. The van der Waals surface area contributed by atoms with Gasteiger partial charge >= 0.3 is 5.97 Å². The smallest absolute Gasteiger partial charge is 0.332 e. The number of fused-ring (bicyclic) bond motifs is 4. The largest absolute Gasteiger partial charge is 0.429 e. The molecule has 10 atom stereocenters. The zero-order chi connectivity index (χ0) is 19.8. The van der Waals surface area contributed by atoms with Gasteiger partial charge in [-0.25, -0.2) is 4.79 Å². The first-order valence-electron chi connectivity index (χ1n) is 11.6. The molecule has 4 saturated carbocycles. The van der Waals surface area contributed by atoms with Crippen LogP contribution in [-0.4, -0.2) is 35.3 Å². The third kappa shape index (κ3) is 1.83. The van der Waals surface area contributed by atoms with Gasteiger partial charge in [0.2, 0.25) is 6.29 Å². The molecule has 156 valence electrons. The van der Waals surface area contributed by atoms with Crippen molar-refractivity contribution in [2.75, 3.05) is 0 Å². The summed E-state index contributed by atoms with van der Waals surface area (Å²) >= 11 is 0. The average Bonchev–Trinajstić information content (AvgIpc) is 3.57. The van der Waals surface area contributed by atoms with Crippen LogP contribution in [0.4, 0.5) is 0 Å². The Kier molecular flexibility index (Phi) is 3.01. The first-order valence-corrected chi connectivity index (χ1v) is 11.6. The van der Waals surface area contributed by atoms with E-state index in [0.717, 1.165) is 32.1 Å². The van der Waals surface area contributed by atoms with Crippen molar-refractivity contribution in [3.63, 3.8) is 0 Å². The zero-order valence-corrected chi connectivity index (χ0v) is 17.3. The fraction of sp³-hybridized carbons (Fsp3) is 0.833. The first-order chi connectivity index (χ1) is 13.8. The van der Waals surface area contributed by atoms with Gasteiger partial charge in [-0.05, 0) is 67.8 Å². The minimum atomic E-state index is -0.419. The molecule has 6 fully saturated rings. The minimum Gasteiger partial charge on any atom is -0.429 e. The van der Waals surface area contributed by atoms with Gasteiger partial charge in [0.1, 0.15) is 11.4 Å². The predicted octanol–water partition coefficient (Wildman–Crippen LogP) is 3.55. The Bertz CT molecular complexity index is 865. The SMILES string of the molecule is C[C@]12CCC(=O)C[C@H]1CC[C@@H]1[C@@H]2CC[C@]2(C)[C@@H]([C@]34C=CC(=O)O[C@H]3O4)C[C@H]3O[C@]132. The van der Waals surface area contributed by atoms with E-state index in [2.05, 4.69) is 13.8 Å². The van der Waals surface area contributed by atoms with Crippen LogP contribution in [0.2, 0.25) is 0 Å². The highest BCUT2D eigenvalue weighted by Crippen LogP contribution is 2.79. The Morgan fingerprint density at radius 2 is 1.90 bits per heavy atom. The van der Waals surface area contributed by atoms with E-state index in [9.17, 15) is 9.59 Å². The third-order valence-corrected chi connectivity index (χ3v) is 10.8. The molecule has 3 heterocycles. The summed E-state index contributed by atoms with van der Waals surface area (Å²) in [6.07, 6.45) is 11.8. The third-order valence-electron chi connectivity index (χ3n) is 10.8. The van der Waals surface area contributed by atoms with E-state index in [1.165, 1.54) is 19.3 Å². The van der Waals surface area contributed by atoms with Crippen LogP contribution in [0.3, 0.4) is 0 Å². The van der Waals surface area contributed by atoms with Crippen LogP contribution in [-0.2, 0) is 23.8 Å². The van der Waals surface area contributed by atoms with Gasteiger partial charge in [0.15, 0.2) is 5.60 Å². The van der Waals surface area contributed by atoms with Crippen molar-refractivity contribution >= 4 is 11.8 Å². The number of epoxide rings is 2. The molecule has 0 aromatic carbocycles. The summed E-state index contributed by atoms with van der Waals surface area (Å²) in [6.45, 7) is 4.91. The van der Waals surface area contributed by atoms with E-state index in [4.69, 9.17) is 14.2 Å². The molecule has 0 amide bonds. The van der Waals surface area contributed by atoms with Crippen molar-refractivity contribution in [3.05, 3.63) is 12.2 Å². The van der Waals surface area contributed by atoms with Crippen LogP contribution < -0.4 is 0 Å². The van der Waals surface area contributed by atoms with E-state index in [0.29, 0.717) is 41.0 Å². The highest BCUT2D eigenvalue weighted by Gasteiger charge is 2.85. The maximum atomic E-state index is 12.1. The summed E-state index contributed by atoms with van der Waals surface area (Å²) in [5, 5.41) is 0. The predicted molar refractivity (Wildman–Crippen MR) is 103 cm³/mol. The molecule has 0 unspecified atom stereocenters. The lowest BCUT2D eigenvalue weighted by molar-refractivity contribution is -0.151. The quantitative estimate of drug-likeness (QED) is 0.499. The maximum absolute atomic E-state index is 12.1. The minimum absolute atomic E-state index is 0.0312. The monoisotopic (exact) mass is 398 g/mol. The second-order valence-electron chi connectivity index (χ2n) is 11.5. The Balaban J connectivity index is 1.24. The molecule has 29 heavy (non-hydrogen) atoms. The Morgan fingerprint density at radius 1 is 1.03 bits per heavy atom. The molecule has 2 saturated heterocycles. The summed E-state index contributed by atoms with van der Waals surface area (Å²) in [7, 11) is 0. The van der Waals surface area contributed by atoms with Crippen molar-refractivity contribution in [3.8, 4) is 0 Å². The fourth-order valence-corrected chi connectivity index (χ4v) is 9.25. The molecule has 0 aromatic heterocycles. The lowest BCUT2D eigenvalue weighted by Crippen LogP contribution is -2.59. The topological polar surface area (TPSA) is 68.4 Å². The summed E-state index contributed by atoms with van der Waals surface area (Å²) in [5.41, 5.74) is -0.0950. The van der Waals surface area contributed by atoms with Crippen molar-refractivity contribution in [2.45, 2.75) is 88.8 Å². The van der Waals surface area contributed by atoms with Gasteiger partial charge in [-0.2, -0.15) is 0 Å². The number of hydrogen-bond donors (Lipinski definition) is 0. The van der Waals surface area contributed by atoms with E-state index in [1.807, 2.05) is 6.08 Å². The Hall–Kier alpha value is -1.20. The molecule has 3 aliphatic heterocycles. The standard InChI is InChI=1S/C24H30O5/c1-21-8-5-14(25)11-13(21)3-4-16-15(21)6-9-22(2)17(12-18-24(16,22)28-18)23-10-7-19(26)27-20(23)29-23/h7,10,13,15-18,20H,3-6,8-9,11-12H2,1-2H3/t13-,15+,16-,17+,18-,20+,21+,22-,23-,24-/m1/s1. The number of Topliss-reactive ketones (excluding diaryl/α,β-unsaturated/α-hetero) is 1. The van der Waals surface area contributed by atoms with Crippen molar-refractivity contribution < 1.29 is 23.8 Å². The van der Waals surface area contributed by atoms with Gasteiger partial charge in [-0.1, -0.05) is 13.8 Å². The molecular weight excluding hydrogens is 368 g/mol. The van der Waals surface area contributed by atoms with Crippen LogP contribution in [0.1, 0.15) is 65.2 Å². The molecular formula is C24H30O5. The molecule has 1 spiro atoms. The number of carbonyl (C=O) groups is 2. The highest BCUT2D eigenvalue weighted by molar-refractivity contribution is 5.84. The van der Waals surface area contributed by atoms with Crippen LogP contribution in [0.5, 0.6) is 0 Å². The van der Waals surface area contributed by atoms with Gasteiger partial charge in [0.05, 0.1) is 6.10 Å². The molecule has 4 aliphatic carbocycles. The van der Waals surface area contributed by atoms with Gasteiger partial charge in [-0.3, -0.25) is 4.79 Å². The summed E-state index contributed by atoms with van der Waals surface area (Å²) in [5.74, 6) is 2.36. The number of hydrogen-bond acceptors (Lipinski definition) is 5. The normalized spacial score (nSPS) is 61.6. The lowest BCUT2D eigenvalue weighted by atomic mass is 9.44.